The lowest BCUT2D eigenvalue weighted by Crippen LogP contribution is -2.00. The maximum absolute atomic E-state index is 10.2. The van der Waals surface area contributed by atoms with Crippen LogP contribution in [0.4, 0.5) is 0 Å². The number of nitrogens with zero attached hydrogens (tertiary/aromatic N) is 3. The summed E-state index contributed by atoms with van der Waals surface area (Å²) in [5, 5.41) is 21.1. The Morgan fingerprint density at radius 3 is 3.00 bits per heavy atom. The summed E-state index contributed by atoms with van der Waals surface area (Å²) in [4.78, 5) is 4.52. The van der Waals surface area contributed by atoms with Crippen LogP contribution in [0.2, 0.25) is 0 Å². The summed E-state index contributed by atoms with van der Waals surface area (Å²) in [6.45, 7) is 1.74. The van der Waals surface area contributed by atoms with Gasteiger partial charge < -0.3 is 10.0 Å². The maximum Gasteiger partial charge on any atom is 0.268 e. The molecule has 0 heterocycles. The molecule has 5 heteroatoms. The summed E-state index contributed by atoms with van der Waals surface area (Å²) >= 11 is 0. The molecule has 0 aliphatic heterocycles. The number of nitriles is 1. The second-order valence-corrected chi connectivity index (χ2v) is 1.17. The van der Waals surface area contributed by atoms with Crippen LogP contribution < -0.4 is 0 Å². The lowest BCUT2D eigenvalue weighted by molar-refractivity contribution is -0.547. The van der Waals surface area contributed by atoms with E-state index in [2.05, 4.69) is 10.1 Å². The molecule has 0 aliphatic carbocycles. The second-order valence-electron chi connectivity index (χ2n) is 1.17. The highest BCUT2D eigenvalue weighted by molar-refractivity contribution is 4.64. The van der Waals surface area contributed by atoms with Crippen molar-refractivity contribution in [2.45, 2.75) is 6.92 Å². The van der Waals surface area contributed by atoms with E-state index in [9.17, 15) is 5.21 Å². The predicted molar refractivity (Wildman–Crippen MR) is 28.2 cm³/mol. The molecular weight excluding hydrogens is 122 g/mol. The van der Waals surface area contributed by atoms with Gasteiger partial charge in [0, 0.05) is 0 Å². The molecule has 5 nitrogen and oxygen atoms in total. The fourth-order valence-electron chi connectivity index (χ4n) is 0.211. The van der Waals surface area contributed by atoms with Crippen molar-refractivity contribution in [3.63, 3.8) is 0 Å². The number of hydroxylamine groups is 1. The Balaban J connectivity index is 3.46. The molecule has 0 bridgehead atoms. The number of hydrogen-bond acceptors (Lipinski definition) is 4. The zero-order valence-electron chi connectivity index (χ0n) is 5.07. The van der Waals surface area contributed by atoms with Crippen molar-refractivity contribution >= 4 is 0 Å². The Kier molecular flexibility index (Phi) is 4.14. The van der Waals surface area contributed by atoms with Gasteiger partial charge in [0.2, 0.25) is 5.28 Å². The van der Waals surface area contributed by atoms with Crippen molar-refractivity contribution in [1.29, 1.82) is 5.26 Å². The fourth-order valence-corrected chi connectivity index (χ4v) is 0.211. The topological polar surface area (TPSA) is 71.4 Å². The van der Waals surface area contributed by atoms with Crippen molar-refractivity contribution in [2.75, 3.05) is 13.2 Å². The molecule has 0 radical (unpaired) electrons. The van der Waals surface area contributed by atoms with E-state index in [0.717, 1.165) is 0 Å². The minimum absolute atomic E-state index is 0.184. The molecular formula is C4H7N3O2. The van der Waals surface area contributed by atoms with Gasteiger partial charge in [-0.2, -0.15) is 5.26 Å². The van der Waals surface area contributed by atoms with Crippen LogP contribution in [-0.4, -0.2) is 18.0 Å². The molecule has 0 saturated heterocycles. The summed E-state index contributed by atoms with van der Waals surface area (Å²) in [5.74, 6) is 0. The van der Waals surface area contributed by atoms with Crippen molar-refractivity contribution in [1.82, 2.24) is 0 Å². The van der Waals surface area contributed by atoms with Crippen LogP contribution >= 0.6 is 0 Å². The van der Waals surface area contributed by atoms with Crippen molar-refractivity contribution in [3.05, 3.63) is 5.21 Å². The van der Waals surface area contributed by atoms with Gasteiger partial charge in [0.1, 0.15) is 12.7 Å². The normalized spacial score (nSPS) is 10.4. The van der Waals surface area contributed by atoms with Crippen LogP contribution in [0.25, 0.3) is 0 Å². The second kappa shape index (κ2) is 4.84. The Morgan fingerprint density at radius 2 is 2.56 bits per heavy atom. The minimum Gasteiger partial charge on any atom is -0.596 e. The molecule has 0 unspecified atom stereocenters. The van der Waals surface area contributed by atoms with Gasteiger partial charge >= 0.3 is 0 Å². The van der Waals surface area contributed by atoms with Gasteiger partial charge in [-0.25, -0.2) is 0 Å². The van der Waals surface area contributed by atoms with Gasteiger partial charge in [-0.3, -0.25) is 0 Å². The molecule has 0 aromatic heterocycles. The van der Waals surface area contributed by atoms with E-state index in [4.69, 9.17) is 5.26 Å². The Bertz CT molecular complexity index is 137. The summed E-state index contributed by atoms with van der Waals surface area (Å²) in [6.07, 6.45) is 0. The quantitative estimate of drug-likeness (QED) is 0.240. The Hall–Kier alpha value is -1.31. The molecule has 0 rings (SSSR count). The van der Waals surface area contributed by atoms with Crippen molar-refractivity contribution in [2.24, 2.45) is 5.28 Å². The molecule has 9 heavy (non-hydrogen) atoms. The molecule has 0 atom stereocenters. The first-order chi connectivity index (χ1) is 4.31. The summed E-state index contributed by atoms with van der Waals surface area (Å²) in [5.41, 5.74) is 0. The molecule has 0 spiro atoms. The van der Waals surface area contributed by atoms with E-state index < -0.39 is 0 Å². The lowest BCUT2D eigenvalue weighted by atomic mass is 10.8. The largest absolute Gasteiger partial charge is 0.596 e. The highest BCUT2D eigenvalue weighted by Crippen LogP contribution is 1.76. The number of rotatable bonds is 3. The highest BCUT2D eigenvalue weighted by Gasteiger charge is 1.89. The van der Waals surface area contributed by atoms with Gasteiger partial charge in [-0.05, 0) is 11.8 Å². The van der Waals surface area contributed by atoms with E-state index in [0.29, 0.717) is 6.61 Å². The van der Waals surface area contributed by atoms with Crippen LogP contribution in [0.5, 0.6) is 0 Å². The average molecular weight is 129 g/mol. The summed E-state index contributed by atoms with van der Waals surface area (Å²) in [6, 6.07) is 1.62. The zero-order valence-corrected chi connectivity index (χ0v) is 5.07. The van der Waals surface area contributed by atoms with Crippen molar-refractivity contribution in [3.8, 4) is 6.07 Å². The summed E-state index contributed by atoms with van der Waals surface area (Å²) < 4.78 is 0. The van der Waals surface area contributed by atoms with E-state index in [1.807, 2.05) is 0 Å². The van der Waals surface area contributed by atoms with Crippen LogP contribution in [0.15, 0.2) is 5.28 Å². The molecule has 0 amide bonds. The van der Waals surface area contributed by atoms with E-state index in [-0.39, 0.29) is 11.4 Å². The average Bonchev–Trinajstić information content (AvgIpc) is 1.85. The molecule has 0 saturated carbocycles. The Labute approximate surface area is 52.7 Å². The van der Waals surface area contributed by atoms with Gasteiger partial charge in [-0.1, -0.05) is 0 Å². The third-order valence-electron chi connectivity index (χ3n) is 0.484. The first-order valence-electron chi connectivity index (χ1n) is 2.45. The molecule has 0 fully saturated rings. The third kappa shape index (κ3) is 4.55. The SMILES string of the molecule is CCON=[N+]([O-])CC#N. The van der Waals surface area contributed by atoms with E-state index in [1.165, 1.54) is 0 Å². The predicted octanol–water partition coefficient (Wildman–Crippen LogP) is 0.424. The Morgan fingerprint density at radius 1 is 1.89 bits per heavy atom. The maximum atomic E-state index is 10.2. The summed E-state index contributed by atoms with van der Waals surface area (Å²) in [7, 11) is 0. The fraction of sp³-hybridized carbons (Fsp3) is 0.750. The molecule has 0 aromatic carbocycles. The molecule has 0 N–H and O–H groups in total. The molecule has 0 aliphatic rings. The van der Waals surface area contributed by atoms with Gasteiger partial charge in [0.25, 0.3) is 6.54 Å². The van der Waals surface area contributed by atoms with Crippen LogP contribution in [-0.2, 0) is 4.84 Å². The van der Waals surface area contributed by atoms with E-state index in [1.54, 1.807) is 13.0 Å². The van der Waals surface area contributed by atoms with Crippen LogP contribution in [0.1, 0.15) is 6.92 Å². The van der Waals surface area contributed by atoms with Crippen LogP contribution in [0.3, 0.4) is 0 Å². The molecule has 50 valence electrons. The first-order valence-corrected chi connectivity index (χ1v) is 2.45. The van der Waals surface area contributed by atoms with Gasteiger partial charge in [0.05, 0.1) is 0 Å². The smallest absolute Gasteiger partial charge is 0.268 e. The first kappa shape index (κ1) is 7.69. The lowest BCUT2D eigenvalue weighted by Gasteiger charge is -1.91. The molecule has 0 aromatic rings. The van der Waals surface area contributed by atoms with Crippen molar-refractivity contribution < 1.29 is 9.70 Å². The monoisotopic (exact) mass is 129 g/mol. The van der Waals surface area contributed by atoms with Gasteiger partial charge in [0.15, 0.2) is 0 Å². The zero-order chi connectivity index (χ0) is 7.11. The number of hydrogen-bond donors (Lipinski definition) is 0. The highest BCUT2D eigenvalue weighted by atomic mass is 16.7. The minimum atomic E-state index is -0.292. The van der Waals surface area contributed by atoms with E-state index >= 15 is 0 Å². The standard InChI is InChI=1S/C4H7N3O2/c1-2-9-6-7(8)4-3-5/h2,4H2,1H3. The third-order valence-corrected chi connectivity index (χ3v) is 0.484. The van der Waals surface area contributed by atoms with Gasteiger partial charge in [-0.15, -0.1) is 0 Å². The van der Waals surface area contributed by atoms with Crippen LogP contribution in [0, 0.1) is 16.5 Å².